The van der Waals surface area contributed by atoms with Crippen LogP contribution >= 0.6 is 0 Å². The van der Waals surface area contributed by atoms with E-state index in [1.165, 1.54) is 30.0 Å². The number of nitrogens with zero attached hydrogens (tertiary/aromatic N) is 2. The second-order valence-electron chi connectivity index (χ2n) is 7.99. The fraction of sp³-hybridized carbons (Fsp3) is 0.304. The van der Waals surface area contributed by atoms with Crippen LogP contribution in [0.3, 0.4) is 0 Å². The van der Waals surface area contributed by atoms with E-state index in [2.05, 4.69) is 10.4 Å². The maximum Gasteiger partial charge on any atom is 0.400 e. The van der Waals surface area contributed by atoms with Gasteiger partial charge in [0.05, 0.1) is 29.7 Å². The van der Waals surface area contributed by atoms with Crippen LogP contribution in [-0.4, -0.2) is 34.1 Å². The average molecular weight is 445 g/mol. The number of alkyl halides is 3. The number of rotatable bonds is 6. The molecule has 6 nitrogen and oxygen atoms in total. The van der Waals surface area contributed by atoms with Crippen molar-refractivity contribution in [2.75, 3.05) is 12.4 Å². The summed E-state index contributed by atoms with van der Waals surface area (Å²) in [6, 6.07) is 11.4. The number of halogens is 3. The van der Waals surface area contributed by atoms with Gasteiger partial charge in [0.25, 0.3) is 0 Å². The Morgan fingerprint density at radius 1 is 1.16 bits per heavy atom. The Bertz CT molecular complexity index is 1180. The first-order valence-electron chi connectivity index (χ1n) is 9.99. The molecule has 1 aromatic heterocycles. The number of hydrogen-bond donors (Lipinski definition) is 2. The zero-order valence-corrected chi connectivity index (χ0v) is 17.7. The molecule has 2 N–H and O–H groups in total. The van der Waals surface area contributed by atoms with Gasteiger partial charge in [-0.05, 0) is 56.0 Å². The van der Waals surface area contributed by atoms with Crippen molar-refractivity contribution < 1.29 is 27.8 Å². The van der Waals surface area contributed by atoms with Crippen LogP contribution < -0.4 is 10.1 Å². The lowest BCUT2D eigenvalue weighted by Crippen LogP contribution is -2.29. The summed E-state index contributed by atoms with van der Waals surface area (Å²) < 4.78 is 47.9. The topological polar surface area (TPSA) is 76.4 Å². The molecular formula is C23H22F3N3O3. The number of carboxylic acids is 1. The minimum absolute atomic E-state index is 0.0252. The number of aromatic nitrogens is 2. The molecule has 2 aromatic carbocycles. The highest BCUT2D eigenvalue weighted by molar-refractivity contribution is 5.95. The number of aryl methyl sites for hydroxylation is 2. The summed E-state index contributed by atoms with van der Waals surface area (Å²) in [6.45, 7) is 3.69. The third kappa shape index (κ3) is 3.57. The fourth-order valence-electron chi connectivity index (χ4n) is 3.90. The molecule has 32 heavy (non-hydrogen) atoms. The molecular weight excluding hydrogens is 423 g/mol. The van der Waals surface area contributed by atoms with Crippen LogP contribution in [-0.2, 0) is 5.41 Å². The van der Waals surface area contributed by atoms with Gasteiger partial charge >= 0.3 is 12.1 Å². The van der Waals surface area contributed by atoms with E-state index in [4.69, 9.17) is 4.74 Å². The molecule has 4 rings (SSSR count). The van der Waals surface area contributed by atoms with E-state index < -0.39 is 17.6 Å². The molecule has 168 valence electrons. The van der Waals surface area contributed by atoms with Crippen molar-refractivity contribution in [3.8, 4) is 11.4 Å². The Balaban J connectivity index is 1.88. The van der Waals surface area contributed by atoms with E-state index in [-0.39, 0.29) is 35.6 Å². The van der Waals surface area contributed by atoms with Crippen LogP contribution in [0.15, 0.2) is 42.5 Å². The molecule has 0 amide bonds. The van der Waals surface area contributed by atoms with Gasteiger partial charge in [-0.1, -0.05) is 18.2 Å². The summed E-state index contributed by atoms with van der Waals surface area (Å²) in [7, 11) is 1.42. The maximum atomic E-state index is 13.8. The van der Waals surface area contributed by atoms with Crippen molar-refractivity contribution in [1.29, 1.82) is 0 Å². The number of hydrogen-bond acceptors (Lipinski definition) is 4. The van der Waals surface area contributed by atoms with Crippen molar-refractivity contribution in [1.82, 2.24) is 9.78 Å². The largest absolute Gasteiger partial charge is 0.497 e. The SMILES string of the molecule is COc1ccc(Nc2cc(C3(C(F)(F)F)CC3)nn2-c2c(C)cccc2C)c(C(=O)O)c1. The summed E-state index contributed by atoms with van der Waals surface area (Å²) in [5.74, 6) is -0.592. The third-order valence-corrected chi connectivity index (χ3v) is 5.86. The lowest BCUT2D eigenvalue weighted by atomic mass is 10.0. The van der Waals surface area contributed by atoms with Gasteiger partial charge in [0.2, 0.25) is 0 Å². The zero-order chi connectivity index (χ0) is 23.3. The second kappa shape index (κ2) is 7.58. The first-order valence-corrected chi connectivity index (χ1v) is 9.99. The first-order chi connectivity index (χ1) is 15.1. The highest BCUT2D eigenvalue weighted by Crippen LogP contribution is 2.59. The van der Waals surface area contributed by atoms with Crippen LogP contribution in [0.2, 0.25) is 0 Å². The van der Waals surface area contributed by atoms with E-state index in [1.54, 1.807) is 6.07 Å². The second-order valence-corrected chi connectivity index (χ2v) is 7.99. The number of benzene rings is 2. The van der Waals surface area contributed by atoms with E-state index in [1.807, 2.05) is 32.0 Å². The maximum absolute atomic E-state index is 13.8. The molecule has 0 saturated heterocycles. The molecule has 1 fully saturated rings. The Morgan fingerprint density at radius 3 is 2.34 bits per heavy atom. The molecule has 0 spiro atoms. The van der Waals surface area contributed by atoms with Crippen molar-refractivity contribution in [3.05, 3.63) is 64.8 Å². The number of aromatic carboxylic acids is 1. The zero-order valence-electron chi connectivity index (χ0n) is 17.7. The van der Waals surface area contributed by atoms with Gasteiger partial charge in [0.15, 0.2) is 0 Å². The van der Waals surface area contributed by atoms with Gasteiger partial charge in [-0.25, -0.2) is 9.48 Å². The molecule has 0 bridgehead atoms. The Morgan fingerprint density at radius 2 is 1.81 bits per heavy atom. The van der Waals surface area contributed by atoms with Gasteiger partial charge in [-0.15, -0.1) is 0 Å². The van der Waals surface area contributed by atoms with E-state index in [0.717, 1.165) is 11.1 Å². The van der Waals surface area contributed by atoms with E-state index in [9.17, 15) is 23.1 Å². The monoisotopic (exact) mass is 445 g/mol. The van der Waals surface area contributed by atoms with Crippen LogP contribution in [0.5, 0.6) is 5.75 Å². The summed E-state index contributed by atoms with van der Waals surface area (Å²) in [5.41, 5.74) is 0.387. The van der Waals surface area contributed by atoms with Crippen LogP contribution in [0.4, 0.5) is 24.7 Å². The Hall–Kier alpha value is -3.49. The van der Waals surface area contributed by atoms with Crippen molar-refractivity contribution in [2.45, 2.75) is 38.3 Å². The van der Waals surface area contributed by atoms with Gasteiger partial charge in [-0.2, -0.15) is 18.3 Å². The van der Waals surface area contributed by atoms with E-state index in [0.29, 0.717) is 11.4 Å². The summed E-state index contributed by atoms with van der Waals surface area (Å²) >= 11 is 0. The molecule has 1 heterocycles. The lowest BCUT2D eigenvalue weighted by Gasteiger charge is -2.17. The quantitative estimate of drug-likeness (QED) is 0.522. The van der Waals surface area contributed by atoms with Gasteiger partial charge < -0.3 is 15.2 Å². The van der Waals surface area contributed by atoms with Crippen molar-refractivity contribution >= 4 is 17.5 Å². The lowest BCUT2D eigenvalue weighted by molar-refractivity contribution is -0.161. The summed E-state index contributed by atoms with van der Waals surface area (Å²) in [5, 5.41) is 17.0. The highest BCUT2D eigenvalue weighted by Gasteiger charge is 2.66. The van der Waals surface area contributed by atoms with Gasteiger partial charge in [0, 0.05) is 6.07 Å². The number of para-hydroxylation sites is 1. The van der Waals surface area contributed by atoms with Crippen molar-refractivity contribution in [2.24, 2.45) is 0 Å². The summed E-state index contributed by atoms with van der Waals surface area (Å²) in [6.07, 6.45) is -4.47. The van der Waals surface area contributed by atoms with Crippen LogP contribution in [0.1, 0.15) is 40.0 Å². The standard InChI is InChI=1S/C23H22F3N3O3/c1-13-5-4-6-14(2)20(13)29-19(12-18(28-29)22(9-10-22)23(24,25)26)27-17-8-7-15(32-3)11-16(17)21(30)31/h4-8,11-12,27H,9-10H2,1-3H3,(H,30,31). The predicted molar refractivity (Wildman–Crippen MR) is 113 cm³/mol. The minimum Gasteiger partial charge on any atom is -0.497 e. The van der Waals surface area contributed by atoms with Crippen LogP contribution in [0.25, 0.3) is 5.69 Å². The average Bonchev–Trinajstić information content (AvgIpc) is 3.45. The van der Waals surface area contributed by atoms with E-state index >= 15 is 0 Å². The first kappa shape index (κ1) is 21.7. The third-order valence-electron chi connectivity index (χ3n) is 5.86. The molecule has 1 aliphatic rings. The Kier molecular flexibility index (Phi) is 5.15. The summed E-state index contributed by atoms with van der Waals surface area (Å²) in [4.78, 5) is 11.8. The number of methoxy groups -OCH3 is 1. The number of ether oxygens (including phenoxy) is 1. The number of anilines is 2. The fourth-order valence-corrected chi connectivity index (χ4v) is 3.90. The normalized spacial score (nSPS) is 14.8. The number of carbonyl (C=O) groups is 1. The van der Waals surface area contributed by atoms with Gasteiger partial charge in [-0.3, -0.25) is 0 Å². The highest BCUT2D eigenvalue weighted by atomic mass is 19.4. The minimum atomic E-state index is -4.42. The molecule has 3 aromatic rings. The molecule has 0 radical (unpaired) electrons. The molecule has 9 heteroatoms. The molecule has 1 saturated carbocycles. The van der Waals surface area contributed by atoms with Crippen LogP contribution in [0, 0.1) is 13.8 Å². The molecule has 1 aliphatic carbocycles. The predicted octanol–water partition coefficient (Wildman–Crippen LogP) is 5.53. The Labute approximate surface area is 182 Å². The molecule has 0 unspecified atom stereocenters. The van der Waals surface area contributed by atoms with Crippen molar-refractivity contribution in [3.63, 3.8) is 0 Å². The molecule has 0 atom stereocenters. The number of carboxylic acid groups (broad SMARTS) is 1. The number of nitrogens with one attached hydrogen (secondary N) is 1. The van der Waals surface area contributed by atoms with Gasteiger partial charge in [0.1, 0.15) is 17.0 Å². The smallest absolute Gasteiger partial charge is 0.400 e. The molecule has 0 aliphatic heterocycles.